The van der Waals surface area contributed by atoms with Gasteiger partial charge in [-0.15, -0.1) is 0 Å². The Morgan fingerprint density at radius 3 is 2.65 bits per heavy atom. The van der Waals surface area contributed by atoms with Gasteiger partial charge in [0, 0.05) is 32.8 Å². The Labute approximate surface area is 116 Å². The molecular weight excluding hydrogens is 288 g/mol. The van der Waals surface area contributed by atoms with Gasteiger partial charge in [0.05, 0.1) is 6.61 Å². The van der Waals surface area contributed by atoms with Crippen LogP contribution in [0.25, 0.3) is 0 Å². The van der Waals surface area contributed by atoms with Crippen LogP contribution in [0.4, 0.5) is 5.82 Å². The van der Waals surface area contributed by atoms with E-state index in [0.29, 0.717) is 19.7 Å². The minimum absolute atomic E-state index is 0.111. The molecule has 9 nitrogen and oxygen atoms in total. The van der Waals surface area contributed by atoms with E-state index in [0.717, 1.165) is 18.3 Å². The standard InChI is InChI=1S/C10H16N4O5S/c1-19-7-6-11-4-5-13-20(17,18)9-2-3-10(12-8-9)14(15)16/h2-3,8,11,13H,4-7H2,1H3. The van der Waals surface area contributed by atoms with E-state index in [2.05, 4.69) is 15.0 Å². The molecule has 0 saturated heterocycles. The van der Waals surface area contributed by atoms with E-state index in [1.165, 1.54) is 0 Å². The highest BCUT2D eigenvalue weighted by Gasteiger charge is 2.17. The lowest BCUT2D eigenvalue weighted by atomic mass is 10.5. The third-order valence-electron chi connectivity index (χ3n) is 2.29. The van der Waals surface area contributed by atoms with Gasteiger partial charge in [-0.25, -0.2) is 13.1 Å². The number of ether oxygens (including phenoxy) is 1. The highest BCUT2D eigenvalue weighted by Crippen LogP contribution is 2.11. The van der Waals surface area contributed by atoms with Crippen molar-refractivity contribution in [1.82, 2.24) is 15.0 Å². The fourth-order valence-electron chi connectivity index (χ4n) is 1.30. The van der Waals surface area contributed by atoms with Crippen LogP contribution in [0.15, 0.2) is 23.2 Å². The molecule has 0 aliphatic rings. The summed E-state index contributed by atoms with van der Waals surface area (Å²) in [6.45, 7) is 1.81. The average Bonchev–Trinajstić information content (AvgIpc) is 2.43. The van der Waals surface area contributed by atoms with Crippen LogP contribution < -0.4 is 10.0 Å². The molecule has 10 heteroatoms. The summed E-state index contributed by atoms with van der Waals surface area (Å²) in [5, 5.41) is 13.4. The second kappa shape index (κ2) is 7.85. The Hall–Kier alpha value is -1.62. The molecule has 2 N–H and O–H groups in total. The molecule has 0 aromatic carbocycles. The second-order valence-corrected chi connectivity index (χ2v) is 5.52. The van der Waals surface area contributed by atoms with Crippen molar-refractivity contribution in [2.24, 2.45) is 0 Å². The molecule has 0 fully saturated rings. The first-order valence-corrected chi connectivity index (χ1v) is 7.25. The van der Waals surface area contributed by atoms with Crippen molar-refractivity contribution in [2.45, 2.75) is 4.90 Å². The predicted octanol–water partition coefficient (Wildman–Crippen LogP) is -0.496. The van der Waals surface area contributed by atoms with Crippen LogP contribution in [0.2, 0.25) is 0 Å². The number of aromatic nitrogens is 1. The summed E-state index contributed by atoms with van der Waals surface area (Å²) in [4.78, 5) is 13.1. The minimum atomic E-state index is -3.70. The fourth-order valence-corrected chi connectivity index (χ4v) is 2.27. The smallest absolute Gasteiger partial charge is 0.363 e. The van der Waals surface area contributed by atoms with Gasteiger partial charge in [-0.2, -0.15) is 0 Å². The zero-order valence-electron chi connectivity index (χ0n) is 10.9. The average molecular weight is 304 g/mol. The second-order valence-electron chi connectivity index (χ2n) is 3.75. The molecule has 1 aromatic rings. The Morgan fingerprint density at radius 1 is 1.35 bits per heavy atom. The molecule has 0 amide bonds. The summed E-state index contributed by atoms with van der Waals surface area (Å²) in [5.74, 6) is -0.398. The van der Waals surface area contributed by atoms with Gasteiger partial charge in [0.1, 0.15) is 4.90 Å². The van der Waals surface area contributed by atoms with Gasteiger partial charge < -0.3 is 20.2 Å². The zero-order valence-corrected chi connectivity index (χ0v) is 11.7. The van der Waals surface area contributed by atoms with Gasteiger partial charge in [0.2, 0.25) is 10.0 Å². The summed E-state index contributed by atoms with van der Waals surface area (Å²) in [5.41, 5.74) is 0. The molecule has 0 saturated carbocycles. The van der Waals surface area contributed by atoms with Crippen molar-refractivity contribution in [3.05, 3.63) is 28.4 Å². The number of sulfonamides is 1. The topological polar surface area (TPSA) is 123 Å². The van der Waals surface area contributed by atoms with Crippen LogP contribution in [0.3, 0.4) is 0 Å². The first kappa shape index (κ1) is 16.4. The fraction of sp³-hybridized carbons (Fsp3) is 0.500. The normalized spacial score (nSPS) is 11.4. The predicted molar refractivity (Wildman–Crippen MR) is 70.8 cm³/mol. The van der Waals surface area contributed by atoms with Crippen molar-refractivity contribution in [2.75, 3.05) is 33.4 Å². The van der Waals surface area contributed by atoms with E-state index in [-0.39, 0.29) is 11.4 Å². The van der Waals surface area contributed by atoms with Crippen LogP contribution in [-0.2, 0) is 14.8 Å². The summed E-state index contributed by atoms with van der Waals surface area (Å²) in [6, 6.07) is 2.19. The quantitative estimate of drug-likeness (QED) is 0.358. The molecule has 0 unspecified atom stereocenters. The van der Waals surface area contributed by atoms with Crippen molar-refractivity contribution in [3.8, 4) is 0 Å². The van der Waals surface area contributed by atoms with Gasteiger partial charge >= 0.3 is 5.82 Å². The maximum atomic E-state index is 11.8. The molecular formula is C10H16N4O5S. The van der Waals surface area contributed by atoms with Gasteiger partial charge in [-0.3, -0.25) is 0 Å². The van der Waals surface area contributed by atoms with Gasteiger partial charge in [-0.05, 0) is 16.0 Å². The van der Waals surface area contributed by atoms with Gasteiger partial charge in [0.15, 0.2) is 6.20 Å². The maximum Gasteiger partial charge on any atom is 0.363 e. The molecule has 0 atom stereocenters. The molecule has 1 rings (SSSR count). The lowest BCUT2D eigenvalue weighted by Gasteiger charge is -2.06. The number of nitro groups is 1. The molecule has 0 spiro atoms. The Kier molecular flexibility index (Phi) is 6.45. The lowest BCUT2D eigenvalue weighted by Crippen LogP contribution is -2.33. The molecule has 0 bridgehead atoms. The van der Waals surface area contributed by atoms with Crippen molar-refractivity contribution in [3.63, 3.8) is 0 Å². The number of hydrogen-bond acceptors (Lipinski definition) is 7. The van der Waals surface area contributed by atoms with Crippen LogP contribution >= 0.6 is 0 Å². The van der Waals surface area contributed by atoms with Crippen LogP contribution in [0, 0.1) is 10.1 Å². The minimum Gasteiger partial charge on any atom is -0.383 e. The number of nitrogens with zero attached hydrogens (tertiary/aromatic N) is 2. The van der Waals surface area contributed by atoms with Gasteiger partial charge in [0.25, 0.3) is 0 Å². The number of nitrogens with one attached hydrogen (secondary N) is 2. The Balaban J connectivity index is 2.49. The third-order valence-corrected chi connectivity index (χ3v) is 3.74. The van der Waals surface area contributed by atoms with E-state index in [1.807, 2.05) is 0 Å². The highest BCUT2D eigenvalue weighted by atomic mass is 32.2. The van der Waals surface area contributed by atoms with Crippen molar-refractivity contribution < 1.29 is 18.1 Å². The van der Waals surface area contributed by atoms with Crippen molar-refractivity contribution >= 4 is 15.8 Å². The molecule has 0 radical (unpaired) electrons. The van der Waals surface area contributed by atoms with Crippen molar-refractivity contribution in [1.29, 1.82) is 0 Å². The maximum absolute atomic E-state index is 11.8. The Bertz CT molecular complexity index is 531. The molecule has 112 valence electrons. The van der Waals surface area contributed by atoms with E-state index < -0.39 is 20.8 Å². The summed E-state index contributed by atoms with van der Waals surface area (Å²) >= 11 is 0. The third kappa shape index (κ3) is 5.17. The summed E-state index contributed by atoms with van der Waals surface area (Å²) in [6.07, 6.45) is 0.957. The van der Waals surface area contributed by atoms with Crippen LogP contribution in [0.5, 0.6) is 0 Å². The van der Waals surface area contributed by atoms with E-state index >= 15 is 0 Å². The van der Waals surface area contributed by atoms with E-state index in [4.69, 9.17) is 4.74 Å². The zero-order chi connectivity index (χ0) is 15.0. The van der Waals surface area contributed by atoms with Crippen LogP contribution in [0.1, 0.15) is 0 Å². The largest absolute Gasteiger partial charge is 0.383 e. The lowest BCUT2D eigenvalue weighted by molar-refractivity contribution is -0.389. The monoisotopic (exact) mass is 304 g/mol. The summed E-state index contributed by atoms with van der Waals surface area (Å²) < 4.78 is 30.8. The Morgan fingerprint density at radius 2 is 2.10 bits per heavy atom. The van der Waals surface area contributed by atoms with E-state index in [1.54, 1.807) is 7.11 Å². The highest BCUT2D eigenvalue weighted by molar-refractivity contribution is 7.89. The molecule has 0 aliphatic carbocycles. The van der Waals surface area contributed by atoms with Crippen LogP contribution in [-0.4, -0.2) is 51.7 Å². The van der Waals surface area contributed by atoms with Gasteiger partial charge in [-0.1, -0.05) is 0 Å². The molecule has 1 aromatic heterocycles. The first-order valence-electron chi connectivity index (χ1n) is 5.77. The number of hydrogen-bond donors (Lipinski definition) is 2. The molecule has 20 heavy (non-hydrogen) atoms. The SMILES string of the molecule is COCCNCCNS(=O)(=O)c1ccc([N+](=O)[O-])nc1. The number of methoxy groups -OCH3 is 1. The summed E-state index contributed by atoms with van der Waals surface area (Å²) in [7, 11) is -2.13. The molecule has 0 aliphatic heterocycles. The number of pyridine rings is 1. The van der Waals surface area contributed by atoms with E-state index in [9.17, 15) is 18.5 Å². The first-order chi connectivity index (χ1) is 9.47. The molecule has 1 heterocycles. The number of rotatable bonds is 9.